The van der Waals surface area contributed by atoms with E-state index in [2.05, 4.69) is 53.2 Å². The van der Waals surface area contributed by atoms with Gasteiger partial charge in [0.05, 0.1) is 18.1 Å². The van der Waals surface area contributed by atoms with Gasteiger partial charge < -0.3 is 9.64 Å². The smallest absolute Gasteiger partial charge is 0.264 e. The molecular weight excluding hydrogens is 418 g/mol. The number of rotatable bonds is 5. The Balaban J connectivity index is 1.37. The van der Waals surface area contributed by atoms with Crippen molar-refractivity contribution in [1.29, 1.82) is 0 Å². The van der Waals surface area contributed by atoms with Crippen LogP contribution in [-0.2, 0) is 4.74 Å². The number of pyridine rings is 1. The van der Waals surface area contributed by atoms with E-state index in [0.29, 0.717) is 32.2 Å². The molecule has 0 N–H and O–H groups in total. The van der Waals surface area contributed by atoms with Crippen molar-refractivity contribution in [3.05, 3.63) is 70.2 Å². The van der Waals surface area contributed by atoms with E-state index in [4.69, 9.17) is 4.74 Å². The molecule has 1 amide bonds. The molecule has 2 aromatic heterocycles. The first-order valence-electron chi connectivity index (χ1n) is 11.4. The summed E-state index contributed by atoms with van der Waals surface area (Å²) >= 11 is 1.56. The fourth-order valence-electron chi connectivity index (χ4n) is 4.87. The molecule has 32 heavy (non-hydrogen) atoms. The van der Waals surface area contributed by atoms with Crippen LogP contribution in [0.5, 0.6) is 0 Å². The van der Waals surface area contributed by atoms with E-state index in [-0.39, 0.29) is 5.91 Å². The average molecular weight is 448 g/mol. The van der Waals surface area contributed by atoms with Crippen molar-refractivity contribution in [1.82, 2.24) is 14.8 Å². The Kier molecular flexibility index (Phi) is 6.35. The van der Waals surface area contributed by atoms with Crippen molar-refractivity contribution in [3.8, 4) is 0 Å². The minimum atomic E-state index is 0.143. The summed E-state index contributed by atoms with van der Waals surface area (Å²) in [5.74, 6) is 0.502. The average Bonchev–Trinajstić information content (AvgIpc) is 3.44. The standard InChI is InChI=1S/C26H29N3O2S/c1-19(16-20-6-3-2-4-7-20)17-28-11-9-21(18-28)23-22-8-5-10-27-25(22)32-24(23)26(30)29-12-14-31-15-13-29/h2-8,10,16,21H,9,11-15,17-18H2,1H3. The number of hydrogen-bond donors (Lipinski definition) is 0. The van der Waals surface area contributed by atoms with Crippen LogP contribution in [0.2, 0.25) is 0 Å². The SMILES string of the molecule is CC(=Cc1ccccc1)CN1CCC(c2c(C(=O)N3CCOCC3)sc3ncccc23)C1. The number of fused-ring (bicyclic) bond motifs is 1. The summed E-state index contributed by atoms with van der Waals surface area (Å²) in [4.78, 5) is 24.3. The summed E-state index contributed by atoms with van der Waals surface area (Å²) < 4.78 is 5.45. The van der Waals surface area contributed by atoms with E-state index in [9.17, 15) is 4.79 Å². The van der Waals surface area contributed by atoms with Gasteiger partial charge in [0.1, 0.15) is 4.83 Å². The number of aromatic nitrogens is 1. The van der Waals surface area contributed by atoms with Gasteiger partial charge in [-0.15, -0.1) is 11.3 Å². The molecule has 5 rings (SSSR count). The van der Waals surface area contributed by atoms with E-state index in [0.717, 1.165) is 41.1 Å². The van der Waals surface area contributed by atoms with E-state index < -0.39 is 0 Å². The number of likely N-dealkylation sites (tertiary alicyclic amines) is 1. The number of benzene rings is 1. The summed E-state index contributed by atoms with van der Waals surface area (Å²) in [6.07, 6.45) is 5.16. The van der Waals surface area contributed by atoms with Crippen LogP contribution in [0.3, 0.4) is 0 Å². The monoisotopic (exact) mass is 447 g/mol. The molecule has 6 heteroatoms. The molecule has 166 valence electrons. The molecule has 0 saturated carbocycles. The van der Waals surface area contributed by atoms with Crippen molar-refractivity contribution in [2.45, 2.75) is 19.3 Å². The molecule has 2 aliphatic heterocycles. The summed E-state index contributed by atoms with van der Waals surface area (Å²) in [7, 11) is 0. The van der Waals surface area contributed by atoms with Gasteiger partial charge in [-0.05, 0) is 37.1 Å². The van der Waals surface area contributed by atoms with E-state index >= 15 is 0 Å². The van der Waals surface area contributed by atoms with Gasteiger partial charge in [-0.2, -0.15) is 0 Å². The largest absolute Gasteiger partial charge is 0.378 e. The van der Waals surface area contributed by atoms with Crippen molar-refractivity contribution >= 4 is 33.5 Å². The van der Waals surface area contributed by atoms with Gasteiger partial charge in [0.25, 0.3) is 5.91 Å². The van der Waals surface area contributed by atoms with Gasteiger partial charge in [0.2, 0.25) is 0 Å². The molecule has 4 heterocycles. The lowest BCUT2D eigenvalue weighted by molar-refractivity contribution is 0.0305. The van der Waals surface area contributed by atoms with Gasteiger partial charge >= 0.3 is 0 Å². The minimum Gasteiger partial charge on any atom is -0.378 e. The number of morpholine rings is 1. The fraction of sp³-hybridized carbons (Fsp3) is 0.385. The maximum absolute atomic E-state index is 13.4. The normalized spacial score (nSPS) is 20.2. The van der Waals surface area contributed by atoms with Crippen LogP contribution in [0.15, 0.2) is 54.2 Å². The lowest BCUT2D eigenvalue weighted by Gasteiger charge is -2.27. The Morgan fingerprint density at radius 3 is 2.78 bits per heavy atom. The Morgan fingerprint density at radius 1 is 1.16 bits per heavy atom. The molecule has 1 aromatic carbocycles. The van der Waals surface area contributed by atoms with Crippen LogP contribution in [0.4, 0.5) is 0 Å². The summed E-state index contributed by atoms with van der Waals surface area (Å²) in [5.41, 5.74) is 3.81. The highest BCUT2D eigenvalue weighted by atomic mass is 32.1. The molecule has 1 unspecified atom stereocenters. The molecule has 0 aliphatic carbocycles. The summed E-state index contributed by atoms with van der Waals surface area (Å²) in [6, 6.07) is 14.6. The number of ether oxygens (including phenoxy) is 1. The fourth-order valence-corrected chi connectivity index (χ4v) is 6.07. The molecule has 0 radical (unpaired) electrons. The molecule has 1 atom stereocenters. The van der Waals surface area contributed by atoms with Crippen molar-refractivity contribution in [2.24, 2.45) is 0 Å². The Morgan fingerprint density at radius 2 is 1.97 bits per heavy atom. The van der Waals surface area contributed by atoms with Gasteiger partial charge in [0, 0.05) is 43.7 Å². The molecule has 2 fully saturated rings. The highest BCUT2D eigenvalue weighted by Crippen LogP contribution is 2.40. The highest BCUT2D eigenvalue weighted by molar-refractivity contribution is 7.20. The molecule has 0 spiro atoms. The molecule has 0 bridgehead atoms. The first-order valence-corrected chi connectivity index (χ1v) is 12.2. The van der Waals surface area contributed by atoms with Gasteiger partial charge in [-0.3, -0.25) is 9.69 Å². The minimum absolute atomic E-state index is 0.143. The zero-order valence-electron chi connectivity index (χ0n) is 18.5. The number of carbonyl (C=O) groups is 1. The van der Waals surface area contributed by atoms with Crippen molar-refractivity contribution in [2.75, 3.05) is 45.9 Å². The van der Waals surface area contributed by atoms with Crippen LogP contribution in [-0.4, -0.2) is 66.6 Å². The van der Waals surface area contributed by atoms with E-state index in [1.54, 1.807) is 11.3 Å². The van der Waals surface area contributed by atoms with Crippen molar-refractivity contribution in [3.63, 3.8) is 0 Å². The lowest BCUT2D eigenvalue weighted by Crippen LogP contribution is -2.40. The molecule has 2 aliphatic rings. The topological polar surface area (TPSA) is 45.7 Å². The van der Waals surface area contributed by atoms with E-state index in [1.807, 2.05) is 23.2 Å². The predicted molar refractivity (Wildman–Crippen MR) is 130 cm³/mol. The highest BCUT2D eigenvalue weighted by Gasteiger charge is 2.32. The van der Waals surface area contributed by atoms with Gasteiger partial charge in [-0.25, -0.2) is 4.98 Å². The molecule has 3 aromatic rings. The maximum atomic E-state index is 13.4. The quantitative estimate of drug-likeness (QED) is 0.571. The molecule has 5 nitrogen and oxygen atoms in total. The van der Waals surface area contributed by atoms with Crippen LogP contribution in [0, 0.1) is 0 Å². The Bertz CT molecular complexity index is 1120. The first kappa shape index (κ1) is 21.3. The third kappa shape index (κ3) is 4.49. The van der Waals surface area contributed by atoms with Crippen molar-refractivity contribution < 1.29 is 9.53 Å². The Hall–Kier alpha value is -2.54. The van der Waals surface area contributed by atoms with Gasteiger partial charge in [0.15, 0.2) is 0 Å². The Labute approximate surface area is 193 Å². The van der Waals surface area contributed by atoms with E-state index in [1.165, 1.54) is 16.7 Å². The molecular formula is C26H29N3O2S. The van der Waals surface area contributed by atoms with Crippen LogP contribution >= 0.6 is 11.3 Å². The second-order valence-electron chi connectivity index (χ2n) is 8.73. The zero-order valence-corrected chi connectivity index (χ0v) is 19.3. The summed E-state index contributed by atoms with van der Waals surface area (Å²) in [5, 5.41) is 1.15. The predicted octanol–water partition coefficient (Wildman–Crippen LogP) is 4.66. The zero-order chi connectivity index (χ0) is 21.9. The number of amides is 1. The molecule has 2 saturated heterocycles. The maximum Gasteiger partial charge on any atom is 0.264 e. The number of nitrogens with zero attached hydrogens (tertiary/aromatic N) is 3. The van der Waals surface area contributed by atoms with Gasteiger partial charge in [-0.1, -0.05) is 48.0 Å². The summed E-state index contributed by atoms with van der Waals surface area (Å²) in [6.45, 7) is 7.76. The number of carbonyl (C=O) groups excluding carboxylic acids is 1. The first-order chi connectivity index (χ1) is 15.7. The number of hydrogen-bond acceptors (Lipinski definition) is 5. The van der Waals surface area contributed by atoms with Crippen LogP contribution in [0.1, 0.15) is 40.1 Å². The number of thiophene rings is 1. The lowest BCUT2D eigenvalue weighted by atomic mass is 9.95. The second-order valence-corrected chi connectivity index (χ2v) is 9.73. The third-order valence-electron chi connectivity index (χ3n) is 6.36. The second kappa shape index (κ2) is 9.53. The van der Waals surface area contributed by atoms with Crippen LogP contribution in [0.25, 0.3) is 16.3 Å². The third-order valence-corrected chi connectivity index (χ3v) is 7.48. The van der Waals surface area contributed by atoms with Crippen LogP contribution < -0.4 is 0 Å².